The number of carbonyl (C=O) groups is 1. The lowest BCUT2D eigenvalue weighted by molar-refractivity contribution is 0.170. The molecule has 2 amide bonds. The molecular formula is C25H27N3O2. The Balaban J connectivity index is 1.39. The largest absolute Gasteiger partial charge is 0.489 e. The number of hydrogen-bond donors (Lipinski definition) is 2. The third-order valence-electron chi connectivity index (χ3n) is 5.25. The Morgan fingerprint density at radius 2 is 1.70 bits per heavy atom. The highest BCUT2D eigenvalue weighted by molar-refractivity contribution is 5.89. The molecular weight excluding hydrogens is 374 g/mol. The number of anilines is 1. The van der Waals surface area contributed by atoms with Gasteiger partial charge in [-0.3, -0.25) is 0 Å². The SMILES string of the molecule is O=C(Nc1ccccc1)N1CCNCC1Cc1cccc(OCc2ccccc2)c1. The highest BCUT2D eigenvalue weighted by atomic mass is 16.5. The first-order chi connectivity index (χ1) is 14.8. The summed E-state index contributed by atoms with van der Waals surface area (Å²) in [6, 6.07) is 27.9. The lowest BCUT2D eigenvalue weighted by Crippen LogP contribution is -2.55. The molecule has 1 fully saturated rings. The zero-order chi connectivity index (χ0) is 20.6. The third kappa shape index (κ3) is 5.39. The van der Waals surface area contributed by atoms with Crippen molar-refractivity contribution in [3.63, 3.8) is 0 Å². The van der Waals surface area contributed by atoms with Crippen molar-refractivity contribution in [2.24, 2.45) is 0 Å². The van der Waals surface area contributed by atoms with E-state index in [1.165, 1.54) is 0 Å². The van der Waals surface area contributed by atoms with Gasteiger partial charge in [-0.15, -0.1) is 0 Å². The fraction of sp³-hybridized carbons (Fsp3) is 0.240. The fourth-order valence-electron chi connectivity index (χ4n) is 3.70. The van der Waals surface area contributed by atoms with Crippen LogP contribution in [0.2, 0.25) is 0 Å². The standard InChI is InChI=1S/C25H27N3O2/c29-25(27-22-11-5-2-6-12-22)28-15-14-26-18-23(28)16-21-10-7-13-24(17-21)30-19-20-8-3-1-4-9-20/h1-13,17,23,26H,14-16,18-19H2,(H,27,29). The van der Waals surface area contributed by atoms with Crippen LogP contribution in [-0.4, -0.2) is 36.6 Å². The Hall–Kier alpha value is -3.31. The second-order valence-electron chi connectivity index (χ2n) is 7.47. The monoisotopic (exact) mass is 401 g/mol. The molecule has 0 aromatic heterocycles. The lowest BCUT2D eigenvalue weighted by Gasteiger charge is -2.36. The van der Waals surface area contributed by atoms with E-state index in [4.69, 9.17) is 4.74 Å². The molecule has 154 valence electrons. The van der Waals surface area contributed by atoms with Gasteiger partial charge in [-0.25, -0.2) is 4.79 Å². The van der Waals surface area contributed by atoms with Crippen molar-refractivity contribution in [3.05, 3.63) is 96.1 Å². The van der Waals surface area contributed by atoms with Gasteiger partial charge in [0, 0.05) is 31.4 Å². The molecule has 0 aliphatic carbocycles. The summed E-state index contributed by atoms with van der Waals surface area (Å²) in [5, 5.41) is 6.42. The lowest BCUT2D eigenvalue weighted by atomic mass is 10.0. The van der Waals surface area contributed by atoms with Crippen molar-refractivity contribution < 1.29 is 9.53 Å². The quantitative estimate of drug-likeness (QED) is 0.647. The third-order valence-corrected chi connectivity index (χ3v) is 5.25. The van der Waals surface area contributed by atoms with Crippen molar-refractivity contribution in [3.8, 4) is 5.75 Å². The number of amides is 2. The number of benzene rings is 3. The van der Waals surface area contributed by atoms with Crippen LogP contribution in [0.3, 0.4) is 0 Å². The van der Waals surface area contributed by atoms with Crippen LogP contribution in [-0.2, 0) is 13.0 Å². The van der Waals surface area contributed by atoms with Gasteiger partial charge in [-0.05, 0) is 41.8 Å². The number of nitrogens with one attached hydrogen (secondary N) is 2. The van der Waals surface area contributed by atoms with Crippen LogP contribution in [0.5, 0.6) is 5.75 Å². The Kier molecular flexibility index (Phi) is 6.62. The number of ether oxygens (including phenoxy) is 1. The summed E-state index contributed by atoms with van der Waals surface area (Å²) in [5.74, 6) is 0.848. The number of para-hydroxylation sites is 1. The maximum atomic E-state index is 12.9. The maximum Gasteiger partial charge on any atom is 0.322 e. The molecule has 1 saturated heterocycles. The van der Waals surface area contributed by atoms with Gasteiger partial charge in [0.1, 0.15) is 12.4 Å². The highest BCUT2D eigenvalue weighted by Gasteiger charge is 2.26. The number of carbonyl (C=O) groups excluding carboxylic acids is 1. The molecule has 3 aromatic carbocycles. The predicted octanol–water partition coefficient (Wildman–Crippen LogP) is 4.31. The smallest absolute Gasteiger partial charge is 0.322 e. The molecule has 5 nitrogen and oxygen atoms in total. The minimum atomic E-state index is -0.0517. The number of rotatable bonds is 6. The molecule has 0 bridgehead atoms. The Labute approximate surface area is 177 Å². The van der Waals surface area contributed by atoms with Gasteiger partial charge in [0.25, 0.3) is 0 Å². The zero-order valence-corrected chi connectivity index (χ0v) is 17.0. The molecule has 0 radical (unpaired) electrons. The van der Waals surface area contributed by atoms with Gasteiger partial charge >= 0.3 is 6.03 Å². The van der Waals surface area contributed by atoms with Crippen LogP contribution < -0.4 is 15.4 Å². The van der Waals surface area contributed by atoms with E-state index in [2.05, 4.69) is 34.9 Å². The number of hydrogen-bond acceptors (Lipinski definition) is 3. The van der Waals surface area contributed by atoms with Crippen molar-refractivity contribution in [1.82, 2.24) is 10.2 Å². The summed E-state index contributed by atoms with van der Waals surface area (Å²) in [5.41, 5.74) is 3.12. The fourth-order valence-corrected chi connectivity index (χ4v) is 3.70. The first-order valence-corrected chi connectivity index (χ1v) is 10.4. The molecule has 1 aliphatic heterocycles. The van der Waals surface area contributed by atoms with E-state index in [1.807, 2.05) is 65.6 Å². The molecule has 30 heavy (non-hydrogen) atoms. The summed E-state index contributed by atoms with van der Waals surface area (Å²) in [6.07, 6.45) is 0.776. The second-order valence-corrected chi connectivity index (χ2v) is 7.47. The molecule has 2 N–H and O–H groups in total. The average Bonchev–Trinajstić information content (AvgIpc) is 2.80. The summed E-state index contributed by atoms with van der Waals surface area (Å²) in [6.45, 7) is 2.81. The van der Waals surface area contributed by atoms with Gasteiger partial charge in [-0.1, -0.05) is 60.7 Å². The van der Waals surface area contributed by atoms with Crippen LogP contribution in [0.25, 0.3) is 0 Å². The van der Waals surface area contributed by atoms with Crippen LogP contribution in [0.4, 0.5) is 10.5 Å². The molecule has 5 heteroatoms. The molecule has 0 spiro atoms. The minimum Gasteiger partial charge on any atom is -0.489 e. The normalized spacial score (nSPS) is 16.1. The average molecular weight is 402 g/mol. The molecule has 1 aliphatic rings. The number of nitrogens with zero attached hydrogens (tertiary/aromatic N) is 1. The summed E-state index contributed by atoms with van der Waals surface area (Å²) < 4.78 is 5.97. The van der Waals surface area contributed by atoms with Gasteiger partial charge < -0.3 is 20.3 Å². The van der Waals surface area contributed by atoms with E-state index in [0.717, 1.165) is 42.1 Å². The molecule has 1 unspecified atom stereocenters. The minimum absolute atomic E-state index is 0.0517. The zero-order valence-electron chi connectivity index (χ0n) is 17.0. The summed E-state index contributed by atoms with van der Waals surface area (Å²) in [7, 11) is 0. The number of urea groups is 1. The second kappa shape index (κ2) is 9.94. The van der Waals surface area contributed by atoms with E-state index < -0.39 is 0 Å². The van der Waals surface area contributed by atoms with Crippen LogP contribution >= 0.6 is 0 Å². The van der Waals surface area contributed by atoms with Gasteiger partial charge in [0.15, 0.2) is 0 Å². The molecule has 3 aromatic rings. The van der Waals surface area contributed by atoms with E-state index >= 15 is 0 Å². The number of piperazine rings is 1. The van der Waals surface area contributed by atoms with E-state index in [9.17, 15) is 4.79 Å². The van der Waals surface area contributed by atoms with E-state index in [1.54, 1.807) is 0 Å². The van der Waals surface area contributed by atoms with Gasteiger partial charge in [0.05, 0.1) is 0 Å². The Morgan fingerprint density at radius 3 is 2.50 bits per heavy atom. The van der Waals surface area contributed by atoms with Gasteiger partial charge in [-0.2, -0.15) is 0 Å². The van der Waals surface area contributed by atoms with Crippen LogP contribution in [0.15, 0.2) is 84.9 Å². The predicted molar refractivity (Wildman–Crippen MR) is 120 cm³/mol. The first-order valence-electron chi connectivity index (χ1n) is 10.4. The van der Waals surface area contributed by atoms with E-state index in [0.29, 0.717) is 13.2 Å². The topological polar surface area (TPSA) is 53.6 Å². The van der Waals surface area contributed by atoms with E-state index in [-0.39, 0.29) is 12.1 Å². The molecule has 1 heterocycles. The van der Waals surface area contributed by atoms with Crippen LogP contribution in [0.1, 0.15) is 11.1 Å². The molecule has 1 atom stereocenters. The Bertz CT molecular complexity index is 947. The summed E-state index contributed by atoms with van der Waals surface area (Å²) >= 11 is 0. The van der Waals surface area contributed by atoms with Crippen molar-refractivity contribution in [2.45, 2.75) is 19.1 Å². The first kappa shape index (κ1) is 20.0. The van der Waals surface area contributed by atoms with Crippen molar-refractivity contribution in [1.29, 1.82) is 0 Å². The maximum absolute atomic E-state index is 12.9. The van der Waals surface area contributed by atoms with Gasteiger partial charge in [0.2, 0.25) is 0 Å². The molecule has 0 saturated carbocycles. The highest BCUT2D eigenvalue weighted by Crippen LogP contribution is 2.19. The Morgan fingerprint density at radius 1 is 0.967 bits per heavy atom. The van der Waals surface area contributed by atoms with Crippen molar-refractivity contribution in [2.75, 3.05) is 25.0 Å². The summed E-state index contributed by atoms with van der Waals surface area (Å²) in [4.78, 5) is 14.8. The molecule has 4 rings (SSSR count). The van der Waals surface area contributed by atoms with Crippen molar-refractivity contribution >= 4 is 11.7 Å². The van der Waals surface area contributed by atoms with Crippen LogP contribution in [0, 0.1) is 0 Å².